The van der Waals surface area contributed by atoms with Crippen LogP contribution in [0.25, 0.3) is 0 Å². The minimum atomic E-state index is -4.17. The van der Waals surface area contributed by atoms with Gasteiger partial charge in [-0.25, -0.2) is 18.4 Å². The van der Waals surface area contributed by atoms with Crippen LogP contribution in [-0.4, -0.2) is 26.9 Å². The molecule has 33 heavy (non-hydrogen) atoms. The second-order valence-electron chi connectivity index (χ2n) is 6.80. The van der Waals surface area contributed by atoms with Gasteiger partial charge >= 0.3 is 5.97 Å². The second kappa shape index (κ2) is 10.5. The second-order valence-corrected chi connectivity index (χ2v) is 8.74. The van der Waals surface area contributed by atoms with Gasteiger partial charge in [-0.15, -0.1) is 0 Å². The molecule has 0 saturated carbocycles. The number of sulfonamides is 1. The molecule has 0 aromatic heterocycles. The zero-order valence-electron chi connectivity index (χ0n) is 17.5. The maximum absolute atomic E-state index is 13.1. The molecule has 0 saturated heterocycles. The fourth-order valence-corrected chi connectivity index (χ4v) is 4.05. The fourth-order valence-electron chi connectivity index (χ4n) is 2.97. The first-order chi connectivity index (χ1) is 15.7. The maximum Gasteiger partial charge on any atom is 0.339 e. The number of hydrogen-bond donors (Lipinski definition) is 2. The number of hydrogen-bond acceptors (Lipinski definition) is 6. The van der Waals surface area contributed by atoms with Crippen LogP contribution in [0.5, 0.6) is 5.75 Å². The van der Waals surface area contributed by atoms with Crippen LogP contribution in [0.1, 0.15) is 28.9 Å². The number of nitrogens with one attached hydrogen (secondary N) is 1. The third-order valence-corrected chi connectivity index (χ3v) is 5.88. The minimum absolute atomic E-state index is 0.133. The van der Waals surface area contributed by atoms with Gasteiger partial charge in [0.05, 0.1) is 22.9 Å². The van der Waals surface area contributed by atoms with Gasteiger partial charge < -0.3 is 14.8 Å². The van der Waals surface area contributed by atoms with E-state index in [-0.39, 0.29) is 10.6 Å². The number of rotatable bonds is 8. The Kier molecular flexibility index (Phi) is 7.70. The fraction of sp³-hybridized carbons (Fsp3) is 0.130. The summed E-state index contributed by atoms with van der Waals surface area (Å²) in [7, 11) is -4.17. The smallest absolute Gasteiger partial charge is 0.339 e. The van der Waals surface area contributed by atoms with Crippen LogP contribution in [0.4, 0.5) is 5.69 Å². The lowest BCUT2D eigenvalue weighted by Gasteiger charge is -2.19. The Morgan fingerprint density at radius 1 is 1.03 bits per heavy atom. The van der Waals surface area contributed by atoms with Gasteiger partial charge in [-0.2, -0.15) is 0 Å². The van der Waals surface area contributed by atoms with E-state index in [2.05, 4.69) is 5.32 Å². The summed E-state index contributed by atoms with van der Waals surface area (Å²) in [6.07, 6.45) is -1.33. The van der Waals surface area contributed by atoms with Crippen molar-refractivity contribution in [2.45, 2.75) is 17.9 Å². The van der Waals surface area contributed by atoms with Crippen LogP contribution < -0.4 is 15.2 Å². The van der Waals surface area contributed by atoms with Crippen LogP contribution >= 0.6 is 11.6 Å². The molecule has 0 aliphatic carbocycles. The number of para-hydroxylation sites is 2. The number of anilines is 1. The van der Waals surface area contributed by atoms with Crippen LogP contribution in [0, 0.1) is 0 Å². The molecule has 0 aliphatic heterocycles. The highest BCUT2D eigenvalue weighted by molar-refractivity contribution is 7.89. The summed E-state index contributed by atoms with van der Waals surface area (Å²) in [5.41, 5.74) is 0.689. The first-order valence-corrected chi connectivity index (χ1v) is 11.7. The highest BCUT2D eigenvalue weighted by Gasteiger charge is 2.27. The third kappa shape index (κ3) is 6.10. The van der Waals surface area contributed by atoms with E-state index in [9.17, 15) is 18.0 Å². The monoisotopic (exact) mass is 488 g/mol. The molecule has 10 heteroatoms. The Morgan fingerprint density at radius 2 is 1.70 bits per heavy atom. The van der Waals surface area contributed by atoms with Gasteiger partial charge in [0.2, 0.25) is 16.1 Å². The normalized spacial score (nSPS) is 12.0. The summed E-state index contributed by atoms with van der Waals surface area (Å²) in [6, 6.07) is 18.7. The quantitative estimate of drug-likeness (QED) is 0.463. The number of ether oxygens (including phenoxy) is 2. The van der Waals surface area contributed by atoms with Gasteiger partial charge in [-0.1, -0.05) is 54.1 Å². The standard InChI is InChI=1S/C23H21ClN2O6S/c1-2-31-19-11-7-6-10-18(19)26-22(27)21(15-8-4-3-5-9-15)32-23(28)16-12-13-17(24)20(14-16)33(25,29)30/h3-14,21H,2H2,1H3,(H,26,27)(H2,25,29,30)/t21-/m0/s1. The zero-order chi connectivity index (χ0) is 24.0. The van der Waals surface area contributed by atoms with E-state index in [0.29, 0.717) is 23.6 Å². The van der Waals surface area contributed by atoms with E-state index in [1.807, 2.05) is 6.92 Å². The van der Waals surface area contributed by atoms with Gasteiger partial charge in [0.25, 0.3) is 5.91 Å². The number of carbonyl (C=O) groups excluding carboxylic acids is 2. The number of amides is 1. The Bertz CT molecular complexity index is 1260. The average Bonchev–Trinajstić information content (AvgIpc) is 2.79. The lowest BCUT2D eigenvalue weighted by atomic mass is 10.1. The van der Waals surface area contributed by atoms with Gasteiger partial charge in [0.15, 0.2) is 0 Å². The molecule has 1 atom stereocenters. The predicted molar refractivity (Wildman–Crippen MR) is 124 cm³/mol. The Balaban J connectivity index is 1.91. The maximum atomic E-state index is 13.1. The van der Waals surface area contributed by atoms with E-state index in [0.717, 1.165) is 6.07 Å². The van der Waals surface area contributed by atoms with Crippen molar-refractivity contribution in [3.05, 3.63) is 88.9 Å². The predicted octanol–water partition coefficient (Wildman–Crippen LogP) is 3.92. The molecule has 0 spiro atoms. The van der Waals surface area contributed by atoms with Gasteiger partial charge in [-0.05, 0) is 37.3 Å². The third-order valence-electron chi connectivity index (χ3n) is 4.48. The van der Waals surface area contributed by atoms with Crippen molar-refractivity contribution < 1.29 is 27.5 Å². The first kappa shape index (κ1) is 24.2. The SMILES string of the molecule is CCOc1ccccc1NC(=O)[C@@H](OC(=O)c1ccc(Cl)c(S(N)(=O)=O)c1)c1ccccc1. The summed E-state index contributed by atoms with van der Waals surface area (Å²) < 4.78 is 34.5. The molecule has 3 aromatic carbocycles. The minimum Gasteiger partial charge on any atom is -0.492 e. The number of esters is 1. The number of halogens is 1. The van der Waals surface area contributed by atoms with Crippen molar-refractivity contribution in [3.63, 3.8) is 0 Å². The molecular formula is C23H21ClN2O6S. The molecule has 0 heterocycles. The highest BCUT2D eigenvalue weighted by atomic mass is 35.5. The van der Waals surface area contributed by atoms with E-state index < -0.39 is 32.9 Å². The molecule has 1 amide bonds. The van der Waals surface area contributed by atoms with E-state index in [1.165, 1.54) is 12.1 Å². The van der Waals surface area contributed by atoms with Gasteiger partial charge in [0, 0.05) is 5.56 Å². The van der Waals surface area contributed by atoms with Crippen LogP contribution in [0.2, 0.25) is 5.02 Å². The van der Waals surface area contributed by atoms with E-state index >= 15 is 0 Å². The number of benzene rings is 3. The molecule has 3 N–H and O–H groups in total. The molecule has 0 unspecified atom stereocenters. The Labute approximate surface area is 196 Å². The number of nitrogens with two attached hydrogens (primary N) is 1. The van der Waals surface area contributed by atoms with E-state index in [1.54, 1.807) is 54.6 Å². The topological polar surface area (TPSA) is 125 Å². The lowest BCUT2D eigenvalue weighted by molar-refractivity contribution is -0.125. The average molecular weight is 489 g/mol. The van der Waals surface area contributed by atoms with Crippen molar-refractivity contribution in [1.29, 1.82) is 0 Å². The summed E-state index contributed by atoms with van der Waals surface area (Å²) >= 11 is 5.88. The Hall–Kier alpha value is -3.40. The summed E-state index contributed by atoms with van der Waals surface area (Å²) in [5, 5.41) is 7.73. The summed E-state index contributed by atoms with van der Waals surface area (Å²) in [5.74, 6) is -1.09. The highest BCUT2D eigenvalue weighted by Crippen LogP contribution is 2.28. The number of carbonyl (C=O) groups is 2. The van der Waals surface area contributed by atoms with Crippen molar-refractivity contribution in [1.82, 2.24) is 0 Å². The van der Waals surface area contributed by atoms with Gasteiger partial charge in [0.1, 0.15) is 10.6 Å². The zero-order valence-corrected chi connectivity index (χ0v) is 19.1. The van der Waals surface area contributed by atoms with Crippen LogP contribution in [0.15, 0.2) is 77.7 Å². The lowest BCUT2D eigenvalue weighted by Crippen LogP contribution is -2.26. The molecule has 3 aromatic rings. The molecule has 3 rings (SSSR count). The summed E-state index contributed by atoms with van der Waals surface area (Å²) in [6.45, 7) is 2.21. The van der Waals surface area contributed by atoms with Crippen molar-refractivity contribution in [3.8, 4) is 5.75 Å². The van der Waals surface area contributed by atoms with E-state index in [4.69, 9.17) is 26.2 Å². The molecule has 8 nitrogen and oxygen atoms in total. The molecule has 0 aliphatic rings. The summed E-state index contributed by atoms with van der Waals surface area (Å²) in [4.78, 5) is 25.5. The van der Waals surface area contributed by atoms with Crippen LogP contribution in [-0.2, 0) is 19.6 Å². The number of primary sulfonamides is 1. The Morgan fingerprint density at radius 3 is 2.36 bits per heavy atom. The van der Waals surface area contributed by atoms with Gasteiger partial charge in [-0.3, -0.25) is 4.79 Å². The molecule has 0 bridgehead atoms. The molecular weight excluding hydrogens is 468 g/mol. The molecule has 0 fully saturated rings. The molecule has 172 valence electrons. The van der Waals surface area contributed by atoms with Crippen molar-refractivity contribution in [2.75, 3.05) is 11.9 Å². The van der Waals surface area contributed by atoms with Crippen molar-refractivity contribution >= 4 is 39.2 Å². The van der Waals surface area contributed by atoms with Crippen molar-refractivity contribution in [2.24, 2.45) is 5.14 Å². The molecule has 0 radical (unpaired) electrons. The largest absolute Gasteiger partial charge is 0.492 e. The first-order valence-electron chi connectivity index (χ1n) is 9.81. The van der Waals surface area contributed by atoms with Crippen LogP contribution in [0.3, 0.4) is 0 Å².